The number of rotatable bonds is 1. The third-order valence-corrected chi connectivity index (χ3v) is 0.224. The molecular weight excluding hydrogens is 73.0 g/mol. The van der Waals surface area contributed by atoms with E-state index in [0.717, 1.165) is 0 Å². The average Bonchev–Trinajstić information content (AvgIpc) is 1.37. The van der Waals surface area contributed by atoms with Gasteiger partial charge in [0.2, 0.25) is 0 Å². The van der Waals surface area contributed by atoms with Gasteiger partial charge in [-0.05, 0) is 0 Å². The van der Waals surface area contributed by atoms with Crippen LogP contribution in [0.2, 0.25) is 0 Å². The van der Waals surface area contributed by atoms with Crippen LogP contribution >= 0.6 is 0 Å². The fraction of sp³-hybridized carbons (Fsp3) is 0. The Hall–Kier alpha value is -0.0675. The third kappa shape index (κ3) is 1.93. The highest BCUT2D eigenvalue weighted by atomic mass is 27.1. The molecule has 0 aliphatic heterocycles. The van der Waals surface area contributed by atoms with Crippen LogP contribution in [0.1, 0.15) is 0 Å². The quantitative estimate of drug-likeness (QED) is 0.233. The first-order valence-electron chi connectivity index (χ1n) is 0.773. The van der Waals surface area contributed by atoms with Crippen LogP contribution in [0, 0.1) is 4.91 Å². The number of nitrogens with zero attached hydrogens (tertiary/aromatic N) is 1. The molecule has 0 unspecified atom stereocenters. The summed E-state index contributed by atoms with van der Waals surface area (Å²) in [6.45, 7) is 0. The van der Waals surface area contributed by atoms with Crippen LogP contribution in [-0.4, -0.2) is 16.6 Å². The van der Waals surface area contributed by atoms with Gasteiger partial charge in [0.1, 0.15) is 5.34 Å². The maximum absolute atomic E-state index is 8.74. The van der Waals surface area contributed by atoms with Gasteiger partial charge in [-0.3, -0.25) is 0 Å². The Morgan fingerprint density at radius 3 is 2.25 bits per heavy atom. The van der Waals surface area contributed by atoms with Crippen molar-refractivity contribution >= 4 is 16.6 Å². The molecule has 0 fully saturated rings. The Kier molecular flexibility index (Phi) is 2.88. The summed E-state index contributed by atoms with van der Waals surface area (Å²) in [4.78, 5) is 8.74. The zero-order chi connectivity index (χ0) is 3.41. The molecule has 0 N–H and O–H groups in total. The Labute approximate surface area is 31.6 Å². The normalized spacial score (nSPS) is 5.00. The lowest BCUT2D eigenvalue weighted by Crippen LogP contribution is -1.58. The Morgan fingerprint density at radius 1 is 2.00 bits per heavy atom. The van der Waals surface area contributed by atoms with Crippen LogP contribution in [0.4, 0.5) is 0 Å². The molecule has 0 heterocycles. The van der Waals surface area contributed by atoms with Crippen LogP contribution < -0.4 is 0 Å². The molecule has 0 aliphatic carbocycles. The molecule has 0 saturated carbocycles. The first-order valence-corrected chi connectivity index (χ1v) is 1.59. The van der Waals surface area contributed by atoms with Gasteiger partial charge in [0, 0.05) is 0 Å². The first kappa shape index (κ1) is 3.93. The van der Waals surface area contributed by atoms with E-state index in [1.54, 1.807) is 0 Å². The maximum atomic E-state index is 8.74. The second-order valence-corrected chi connectivity index (χ2v) is 0.622. The van der Waals surface area contributed by atoms with E-state index in [4.69, 9.17) is 4.91 Å². The van der Waals surface area contributed by atoms with Gasteiger partial charge in [-0.25, -0.2) is 0 Å². The first-order chi connectivity index (χ1) is 1.91. The fourth-order valence-corrected chi connectivity index (χ4v) is 0. The smallest absolute Gasteiger partial charge is 0.524 e. The lowest BCUT2D eigenvalue weighted by molar-refractivity contribution is 0.371. The molecule has 0 saturated heterocycles. The van der Waals surface area contributed by atoms with Crippen molar-refractivity contribution in [2.75, 3.05) is 0 Å². The van der Waals surface area contributed by atoms with Crippen LogP contribution in [0.5, 0.6) is 0 Å². The van der Waals surface area contributed by atoms with E-state index >= 15 is 0 Å². The SMILES string of the molecule is O=N[O][AlH2]. The molecule has 0 amide bonds. The molecule has 22 valence electrons. The highest BCUT2D eigenvalue weighted by molar-refractivity contribution is 5.97. The summed E-state index contributed by atoms with van der Waals surface area (Å²) in [6.07, 6.45) is 0. The van der Waals surface area contributed by atoms with Gasteiger partial charge in [0.15, 0.2) is 0 Å². The van der Waals surface area contributed by atoms with E-state index in [0.29, 0.717) is 16.6 Å². The minimum atomic E-state index is 0.410. The topological polar surface area (TPSA) is 38.7 Å². The molecule has 0 aromatic rings. The molecule has 3 nitrogen and oxygen atoms in total. The largest absolute Gasteiger partial charge is 0.537 e. The highest BCUT2D eigenvalue weighted by Crippen LogP contribution is 1.50. The van der Waals surface area contributed by atoms with Crippen molar-refractivity contribution in [3.63, 3.8) is 0 Å². The minimum Gasteiger partial charge on any atom is -0.524 e. The van der Waals surface area contributed by atoms with Crippen LogP contribution in [0.3, 0.4) is 0 Å². The van der Waals surface area contributed by atoms with E-state index in [1.807, 2.05) is 5.34 Å². The van der Waals surface area contributed by atoms with E-state index in [9.17, 15) is 0 Å². The molecule has 4 heavy (non-hydrogen) atoms. The van der Waals surface area contributed by atoms with E-state index in [1.165, 1.54) is 0 Å². The van der Waals surface area contributed by atoms with E-state index in [-0.39, 0.29) is 0 Å². The molecule has 0 aliphatic rings. The maximum Gasteiger partial charge on any atom is 0.537 e. The van der Waals surface area contributed by atoms with Crippen molar-refractivity contribution in [1.29, 1.82) is 0 Å². The van der Waals surface area contributed by atoms with E-state index < -0.39 is 0 Å². The average molecular weight is 75.0 g/mol. The predicted octanol–water partition coefficient (Wildman–Crippen LogP) is -0.768. The number of hydrogen-bond donors (Lipinski definition) is 0. The van der Waals surface area contributed by atoms with Gasteiger partial charge in [0.05, 0.1) is 0 Å². The van der Waals surface area contributed by atoms with Crippen LogP contribution in [0.15, 0.2) is 5.34 Å². The summed E-state index contributed by atoms with van der Waals surface area (Å²) in [5.74, 6) is 0. The van der Waals surface area contributed by atoms with Crippen molar-refractivity contribution in [3.8, 4) is 0 Å². The van der Waals surface area contributed by atoms with Gasteiger partial charge >= 0.3 is 16.6 Å². The lowest BCUT2D eigenvalue weighted by atomic mass is 13.4. The van der Waals surface area contributed by atoms with Gasteiger partial charge in [-0.15, -0.1) is 4.91 Å². The van der Waals surface area contributed by atoms with E-state index in [2.05, 4.69) is 3.89 Å². The van der Waals surface area contributed by atoms with Crippen molar-refractivity contribution in [3.05, 3.63) is 4.91 Å². The number of hydrogen-bond acceptors (Lipinski definition) is 3. The minimum absolute atomic E-state index is 0.410. The summed E-state index contributed by atoms with van der Waals surface area (Å²) in [5.41, 5.74) is 0. The molecule has 0 atom stereocenters. The third-order valence-electron chi connectivity index (χ3n) is 0.0745. The molecule has 0 rings (SSSR count). The zero-order valence-corrected chi connectivity index (χ0v) is 4.26. The second kappa shape index (κ2) is 2.93. The Morgan fingerprint density at radius 2 is 2.25 bits per heavy atom. The Bertz CT molecular complexity index is 20.0. The molecular formula is H2AlNO2. The molecule has 0 radical (unpaired) electrons. The molecule has 0 spiro atoms. The van der Waals surface area contributed by atoms with Crippen molar-refractivity contribution in [1.82, 2.24) is 0 Å². The summed E-state index contributed by atoms with van der Waals surface area (Å²) < 4.78 is 3.75. The van der Waals surface area contributed by atoms with Gasteiger partial charge in [-0.2, -0.15) is 0 Å². The van der Waals surface area contributed by atoms with Gasteiger partial charge in [-0.1, -0.05) is 0 Å². The zero-order valence-electron chi connectivity index (χ0n) is 2.26. The van der Waals surface area contributed by atoms with Gasteiger partial charge in [0.25, 0.3) is 0 Å². The highest BCUT2D eigenvalue weighted by Gasteiger charge is 1.48. The van der Waals surface area contributed by atoms with Gasteiger partial charge < -0.3 is 3.89 Å². The molecule has 4 heteroatoms. The monoisotopic (exact) mass is 75.0 g/mol. The standard InChI is InChI=1S/Al.HNO2.2H/c;2-1-3;;/h;(H,2,3);;/q+1;;;/p-1. The van der Waals surface area contributed by atoms with Crippen molar-refractivity contribution in [2.45, 2.75) is 0 Å². The predicted molar refractivity (Wildman–Crippen MR) is 15.4 cm³/mol. The van der Waals surface area contributed by atoms with Crippen molar-refractivity contribution in [2.24, 2.45) is 5.34 Å². The Balaban J connectivity index is 2.30. The summed E-state index contributed by atoms with van der Waals surface area (Å²) in [5, 5.41) is 2.05. The second-order valence-electron chi connectivity index (χ2n) is 0.257. The summed E-state index contributed by atoms with van der Waals surface area (Å²) in [7, 11) is 0. The van der Waals surface area contributed by atoms with Crippen LogP contribution in [-0.2, 0) is 3.89 Å². The van der Waals surface area contributed by atoms with Crippen LogP contribution in [0.25, 0.3) is 0 Å². The summed E-state index contributed by atoms with van der Waals surface area (Å²) in [6, 6.07) is 0. The van der Waals surface area contributed by atoms with Crippen molar-refractivity contribution < 1.29 is 3.89 Å². The lowest BCUT2D eigenvalue weighted by Gasteiger charge is -1.66. The molecule has 0 aromatic carbocycles. The fourth-order valence-electron chi connectivity index (χ4n) is 0. The summed E-state index contributed by atoms with van der Waals surface area (Å²) >= 11 is 0.410. The molecule has 0 aromatic heterocycles. The molecule has 0 bridgehead atoms.